The summed E-state index contributed by atoms with van der Waals surface area (Å²) in [4.78, 5) is 11.8. The van der Waals surface area contributed by atoms with E-state index in [1.54, 1.807) is 14.0 Å². The Balaban J connectivity index is 0.000000314. The molecule has 2 aromatic rings. The fourth-order valence-electron chi connectivity index (χ4n) is 3.33. The van der Waals surface area contributed by atoms with E-state index in [1.165, 1.54) is 11.1 Å². The van der Waals surface area contributed by atoms with Crippen LogP contribution in [-0.4, -0.2) is 12.9 Å². The molecule has 0 radical (unpaired) electrons. The zero-order valence-corrected chi connectivity index (χ0v) is 17.0. The van der Waals surface area contributed by atoms with Gasteiger partial charge < -0.3 is 10.5 Å². The number of aryl methyl sites for hydroxylation is 1. The van der Waals surface area contributed by atoms with Crippen molar-refractivity contribution in [2.24, 2.45) is 11.8 Å². The topological polar surface area (TPSA) is 52.3 Å². The SMILES string of the molecule is CCC(c1ccc(N)cc1)C(C(C)=O)C(C)C.COc1ccc(C)cc1. The van der Waals surface area contributed by atoms with Crippen molar-refractivity contribution in [3.63, 3.8) is 0 Å². The van der Waals surface area contributed by atoms with Crippen LogP contribution in [0, 0.1) is 18.8 Å². The first-order valence-electron chi connectivity index (χ1n) is 9.26. The number of nitrogen functional groups attached to an aromatic ring is 1. The van der Waals surface area contributed by atoms with Gasteiger partial charge in [0.2, 0.25) is 0 Å². The quantitative estimate of drug-likeness (QED) is 0.683. The van der Waals surface area contributed by atoms with E-state index in [9.17, 15) is 4.79 Å². The van der Waals surface area contributed by atoms with Crippen molar-refractivity contribution in [3.8, 4) is 5.75 Å². The second kappa shape index (κ2) is 10.6. The fraction of sp³-hybridized carbons (Fsp3) is 0.435. The molecule has 2 rings (SSSR count). The van der Waals surface area contributed by atoms with Crippen LogP contribution in [0.2, 0.25) is 0 Å². The minimum absolute atomic E-state index is 0.101. The maximum Gasteiger partial charge on any atom is 0.133 e. The molecule has 3 nitrogen and oxygen atoms in total. The third-order valence-corrected chi connectivity index (χ3v) is 4.68. The minimum Gasteiger partial charge on any atom is -0.497 e. The Kier molecular flexibility index (Phi) is 8.91. The highest BCUT2D eigenvalue weighted by Crippen LogP contribution is 2.34. The monoisotopic (exact) mass is 355 g/mol. The third-order valence-electron chi connectivity index (χ3n) is 4.68. The molecule has 0 fully saturated rings. The molecule has 0 aliphatic rings. The van der Waals surface area contributed by atoms with Crippen molar-refractivity contribution in [2.45, 2.75) is 47.0 Å². The molecule has 0 saturated carbocycles. The van der Waals surface area contributed by atoms with Crippen molar-refractivity contribution in [1.82, 2.24) is 0 Å². The van der Waals surface area contributed by atoms with Crippen molar-refractivity contribution >= 4 is 11.5 Å². The lowest BCUT2D eigenvalue weighted by atomic mass is 9.76. The highest BCUT2D eigenvalue weighted by atomic mass is 16.5. The Morgan fingerprint density at radius 3 is 1.96 bits per heavy atom. The molecular weight excluding hydrogens is 322 g/mol. The van der Waals surface area contributed by atoms with Crippen LogP contribution in [0.1, 0.15) is 51.2 Å². The molecule has 0 heterocycles. The van der Waals surface area contributed by atoms with E-state index in [0.29, 0.717) is 11.8 Å². The van der Waals surface area contributed by atoms with Crippen molar-refractivity contribution in [2.75, 3.05) is 12.8 Å². The number of ether oxygens (including phenoxy) is 1. The number of methoxy groups -OCH3 is 1. The zero-order valence-electron chi connectivity index (χ0n) is 17.0. The second-order valence-electron chi connectivity index (χ2n) is 7.08. The van der Waals surface area contributed by atoms with E-state index in [1.807, 2.05) is 48.5 Å². The van der Waals surface area contributed by atoms with Crippen molar-refractivity contribution in [3.05, 3.63) is 59.7 Å². The molecule has 2 N–H and O–H groups in total. The Bertz CT molecular complexity index is 660. The van der Waals surface area contributed by atoms with E-state index < -0.39 is 0 Å². The van der Waals surface area contributed by atoms with Gasteiger partial charge in [0.25, 0.3) is 0 Å². The van der Waals surface area contributed by atoms with Crippen LogP contribution in [0.15, 0.2) is 48.5 Å². The summed E-state index contributed by atoms with van der Waals surface area (Å²) >= 11 is 0. The summed E-state index contributed by atoms with van der Waals surface area (Å²) in [5.41, 5.74) is 8.95. The van der Waals surface area contributed by atoms with Gasteiger partial charge in [0.05, 0.1) is 7.11 Å². The van der Waals surface area contributed by atoms with E-state index >= 15 is 0 Å². The molecule has 0 spiro atoms. The van der Waals surface area contributed by atoms with E-state index in [0.717, 1.165) is 17.9 Å². The second-order valence-corrected chi connectivity index (χ2v) is 7.08. The average Bonchev–Trinajstić information content (AvgIpc) is 2.61. The van der Waals surface area contributed by atoms with Crippen LogP contribution in [0.5, 0.6) is 5.75 Å². The summed E-state index contributed by atoms with van der Waals surface area (Å²) in [5, 5.41) is 0. The molecule has 26 heavy (non-hydrogen) atoms. The molecule has 3 heteroatoms. The molecular formula is C23H33NO2. The number of hydrogen-bond acceptors (Lipinski definition) is 3. The van der Waals surface area contributed by atoms with Gasteiger partial charge in [-0.05, 0) is 61.9 Å². The Morgan fingerprint density at radius 1 is 1.04 bits per heavy atom. The lowest BCUT2D eigenvalue weighted by Gasteiger charge is -2.27. The first-order chi connectivity index (χ1) is 12.3. The summed E-state index contributed by atoms with van der Waals surface area (Å²) in [5.74, 6) is 1.97. The smallest absolute Gasteiger partial charge is 0.133 e. The normalized spacial score (nSPS) is 12.7. The first-order valence-corrected chi connectivity index (χ1v) is 9.26. The van der Waals surface area contributed by atoms with Crippen LogP contribution in [-0.2, 0) is 4.79 Å². The molecule has 0 aliphatic heterocycles. The lowest BCUT2D eigenvalue weighted by molar-refractivity contribution is -0.122. The lowest BCUT2D eigenvalue weighted by Crippen LogP contribution is -2.25. The highest BCUT2D eigenvalue weighted by molar-refractivity contribution is 5.79. The number of hydrogen-bond donors (Lipinski definition) is 1. The molecule has 0 amide bonds. The number of rotatable bonds is 6. The van der Waals surface area contributed by atoms with Gasteiger partial charge in [-0.25, -0.2) is 0 Å². The maximum absolute atomic E-state index is 11.8. The van der Waals surface area contributed by atoms with Crippen LogP contribution in [0.3, 0.4) is 0 Å². The summed E-state index contributed by atoms with van der Waals surface area (Å²) in [6, 6.07) is 15.9. The number of ketones is 1. The van der Waals surface area contributed by atoms with Crippen LogP contribution >= 0.6 is 0 Å². The minimum atomic E-state index is 0.101. The molecule has 0 saturated heterocycles. The predicted octanol–water partition coefficient (Wildman–Crippen LogP) is 5.63. The number of carbonyl (C=O) groups is 1. The molecule has 2 atom stereocenters. The van der Waals surface area contributed by atoms with Gasteiger partial charge in [0.1, 0.15) is 11.5 Å². The number of benzene rings is 2. The predicted molar refractivity (Wildman–Crippen MR) is 111 cm³/mol. The van der Waals surface area contributed by atoms with Crippen LogP contribution in [0.25, 0.3) is 0 Å². The summed E-state index contributed by atoms with van der Waals surface area (Å²) in [6.07, 6.45) is 0.979. The maximum atomic E-state index is 11.8. The molecule has 2 unspecified atom stereocenters. The van der Waals surface area contributed by atoms with Gasteiger partial charge >= 0.3 is 0 Å². The van der Waals surface area contributed by atoms with Gasteiger partial charge in [-0.15, -0.1) is 0 Å². The van der Waals surface area contributed by atoms with Crippen LogP contribution < -0.4 is 10.5 Å². The molecule has 2 aromatic carbocycles. The van der Waals surface area contributed by atoms with Crippen molar-refractivity contribution in [1.29, 1.82) is 0 Å². The number of carbonyl (C=O) groups excluding carboxylic acids is 1. The number of anilines is 1. The first kappa shape index (κ1) is 21.8. The molecule has 0 bridgehead atoms. The van der Waals surface area contributed by atoms with E-state index in [-0.39, 0.29) is 11.7 Å². The molecule has 0 aromatic heterocycles. The largest absolute Gasteiger partial charge is 0.497 e. The zero-order chi connectivity index (χ0) is 19.7. The summed E-state index contributed by atoms with van der Waals surface area (Å²) < 4.78 is 4.97. The van der Waals surface area contributed by atoms with Gasteiger partial charge in [-0.3, -0.25) is 4.79 Å². The summed E-state index contributed by atoms with van der Waals surface area (Å²) in [6.45, 7) is 10.1. The van der Waals surface area contributed by atoms with Gasteiger partial charge in [0.15, 0.2) is 0 Å². The van der Waals surface area contributed by atoms with E-state index in [2.05, 4.69) is 27.7 Å². The van der Waals surface area contributed by atoms with Crippen LogP contribution in [0.4, 0.5) is 5.69 Å². The van der Waals surface area contributed by atoms with Gasteiger partial charge in [0, 0.05) is 11.6 Å². The van der Waals surface area contributed by atoms with Gasteiger partial charge in [-0.2, -0.15) is 0 Å². The highest BCUT2D eigenvalue weighted by Gasteiger charge is 2.28. The van der Waals surface area contributed by atoms with E-state index in [4.69, 9.17) is 10.5 Å². The standard InChI is InChI=1S/C15H23NO.C8H10O/c1-5-14(15(10(2)3)11(4)17)12-6-8-13(16)9-7-12;1-7-3-5-8(9-2)6-4-7/h6-10,14-15H,5,16H2,1-4H3;3-6H,1-2H3. The average molecular weight is 356 g/mol. The summed E-state index contributed by atoms with van der Waals surface area (Å²) in [7, 11) is 1.67. The number of nitrogens with two attached hydrogens (primary N) is 1. The molecule has 142 valence electrons. The van der Waals surface area contributed by atoms with Gasteiger partial charge in [-0.1, -0.05) is 50.6 Å². The number of Topliss-reactive ketones (excluding diaryl/α,β-unsaturated/α-hetero) is 1. The Hall–Kier alpha value is -2.29. The Labute approximate surface area is 158 Å². The Morgan fingerprint density at radius 2 is 1.58 bits per heavy atom. The van der Waals surface area contributed by atoms with Crippen molar-refractivity contribution < 1.29 is 9.53 Å². The third kappa shape index (κ3) is 6.55. The fourth-order valence-corrected chi connectivity index (χ4v) is 3.33. The molecule has 0 aliphatic carbocycles.